The molecule has 1 atom stereocenters. The average Bonchev–Trinajstić information content (AvgIpc) is 1.76. The van der Waals surface area contributed by atoms with E-state index in [1.54, 1.807) is 0 Å². The lowest BCUT2D eigenvalue weighted by Gasteiger charge is -2.18. The molecule has 0 amide bonds. The summed E-state index contributed by atoms with van der Waals surface area (Å²) in [4.78, 5) is 0. The third-order valence-corrected chi connectivity index (χ3v) is 6.52. The molecule has 0 aromatic heterocycles. The van der Waals surface area contributed by atoms with Gasteiger partial charge in [-0.15, -0.1) is 0 Å². The molecule has 0 rings (SSSR count). The first-order valence-electron chi connectivity index (χ1n) is 3.89. The van der Waals surface area contributed by atoms with Crippen molar-refractivity contribution in [3.8, 4) is 0 Å². The largest absolute Gasteiger partial charge is 0.413 e. The molecule has 0 radical (unpaired) electrons. The molecule has 14 heavy (non-hydrogen) atoms. The zero-order valence-corrected chi connectivity index (χ0v) is 10.1. The number of hydrogen-bond acceptors (Lipinski definition) is 3. The SMILES string of the molecule is C[Si](C)(C)CS(=N)(=O)OCC(F)(F)F. The van der Waals surface area contributed by atoms with Gasteiger partial charge >= 0.3 is 6.18 Å². The summed E-state index contributed by atoms with van der Waals surface area (Å²) in [5.74, 6) is 0. The van der Waals surface area contributed by atoms with E-state index in [1.165, 1.54) is 0 Å². The van der Waals surface area contributed by atoms with E-state index in [9.17, 15) is 17.4 Å². The summed E-state index contributed by atoms with van der Waals surface area (Å²) in [6.45, 7) is 3.84. The minimum Gasteiger partial charge on any atom is -0.276 e. The third kappa shape index (κ3) is 8.51. The van der Waals surface area contributed by atoms with Gasteiger partial charge in [-0.1, -0.05) is 19.6 Å². The highest BCUT2D eigenvalue weighted by Crippen LogP contribution is 2.17. The molecule has 0 heterocycles. The molecule has 0 saturated carbocycles. The van der Waals surface area contributed by atoms with Crippen LogP contribution in [0.15, 0.2) is 0 Å². The minimum atomic E-state index is -4.52. The first-order chi connectivity index (χ1) is 5.91. The van der Waals surface area contributed by atoms with E-state index in [0.717, 1.165) is 0 Å². The zero-order chi connectivity index (χ0) is 11.6. The molecule has 0 saturated heterocycles. The predicted molar refractivity (Wildman–Crippen MR) is 51.1 cm³/mol. The molecule has 0 fully saturated rings. The lowest BCUT2D eigenvalue weighted by Crippen LogP contribution is -2.34. The lowest BCUT2D eigenvalue weighted by atomic mass is 10.7. The highest BCUT2D eigenvalue weighted by atomic mass is 32.2. The maximum atomic E-state index is 11.7. The summed E-state index contributed by atoms with van der Waals surface area (Å²) < 4.78 is 57.5. The van der Waals surface area contributed by atoms with Gasteiger partial charge < -0.3 is 0 Å². The van der Waals surface area contributed by atoms with Crippen LogP contribution in [-0.2, 0) is 14.2 Å². The third-order valence-electron chi connectivity index (χ3n) is 1.04. The number of alkyl halides is 3. The molecular weight excluding hydrogens is 235 g/mol. The topological polar surface area (TPSA) is 50.2 Å². The van der Waals surface area contributed by atoms with Gasteiger partial charge in [-0.2, -0.15) is 13.2 Å². The maximum absolute atomic E-state index is 11.7. The molecule has 1 unspecified atom stereocenters. The van der Waals surface area contributed by atoms with Crippen LogP contribution in [0, 0.1) is 4.78 Å². The van der Waals surface area contributed by atoms with E-state index in [0.29, 0.717) is 0 Å². The fraction of sp³-hybridized carbons (Fsp3) is 1.00. The Morgan fingerprint density at radius 3 is 2.07 bits per heavy atom. The Labute approximate surface area is 82.8 Å². The van der Waals surface area contributed by atoms with Crippen molar-refractivity contribution in [1.82, 2.24) is 0 Å². The number of nitrogens with one attached hydrogen (secondary N) is 1. The van der Waals surface area contributed by atoms with E-state index < -0.39 is 30.9 Å². The van der Waals surface area contributed by atoms with Crippen LogP contribution in [-0.4, -0.2) is 30.4 Å². The maximum Gasteiger partial charge on any atom is 0.413 e. The van der Waals surface area contributed by atoms with E-state index in [2.05, 4.69) is 4.18 Å². The summed E-state index contributed by atoms with van der Waals surface area (Å²) in [5, 5.41) is -0.0733. The first kappa shape index (κ1) is 13.9. The van der Waals surface area contributed by atoms with Crippen LogP contribution >= 0.6 is 0 Å². The van der Waals surface area contributed by atoms with Crippen molar-refractivity contribution in [3.63, 3.8) is 0 Å². The van der Waals surface area contributed by atoms with Crippen molar-refractivity contribution in [3.05, 3.63) is 0 Å². The molecule has 0 aromatic carbocycles. The second kappa shape index (κ2) is 4.19. The molecule has 0 aliphatic heterocycles. The zero-order valence-electron chi connectivity index (χ0n) is 8.27. The van der Waals surface area contributed by atoms with E-state index >= 15 is 0 Å². The number of halogens is 3. The Balaban J connectivity index is 4.25. The fourth-order valence-electron chi connectivity index (χ4n) is 0.774. The van der Waals surface area contributed by atoms with Crippen molar-refractivity contribution < 1.29 is 21.6 Å². The van der Waals surface area contributed by atoms with Gasteiger partial charge in [-0.3, -0.25) is 4.18 Å². The van der Waals surface area contributed by atoms with Crippen LogP contribution in [0.2, 0.25) is 19.6 Å². The Hall–Kier alpha value is -0.0831. The summed E-state index contributed by atoms with van der Waals surface area (Å²) in [6, 6.07) is 0. The summed E-state index contributed by atoms with van der Waals surface area (Å²) in [6.07, 6.45) is -4.52. The second-order valence-electron chi connectivity index (χ2n) is 4.20. The highest BCUT2D eigenvalue weighted by molar-refractivity contribution is 7.89. The van der Waals surface area contributed by atoms with E-state index in [1.807, 2.05) is 19.6 Å². The van der Waals surface area contributed by atoms with E-state index in [4.69, 9.17) is 4.78 Å². The number of rotatable bonds is 4. The summed E-state index contributed by atoms with van der Waals surface area (Å²) in [5.41, 5.74) is 0. The fourth-order valence-corrected chi connectivity index (χ4v) is 5.99. The predicted octanol–water partition coefficient (Wildman–Crippen LogP) is 2.40. The van der Waals surface area contributed by atoms with Crippen molar-refractivity contribution in [2.75, 3.05) is 12.0 Å². The van der Waals surface area contributed by atoms with Crippen LogP contribution in [0.1, 0.15) is 0 Å². The van der Waals surface area contributed by atoms with Gasteiger partial charge in [0.25, 0.3) is 0 Å². The van der Waals surface area contributed by atoms with Crippen LogP contribution < -0.4 is 0 Å². The van der Waals surface area contributed by atoms with Crippen LogP contribution in [0.5, 0.6) is 0 Å². The van der Waals surface area contributed by atoms with Crippen molar-refractivity contribution in [2.45, 2.75) is 25.8 Å². The second-order valence-corrected chi connectivity index (χ2v) is 11.9. The molecule has 0 aliphatic rings. The molecule has 0 aliphatic carbocycles. The molecule has 0 aromatic rings. The minimum absolute atomic E-state index is 0.0733. The van der Waals surface area contributed by atoms with Gasteiger partial charge in [0.15, 0.2) is 16.6 Å². The monoisotopic (exact) mass is 249 g/mol. The van der Waals surface area contributed by atoms with Gasteiger partial charge in [-0.25, -0.2) is 8.99 Å². The smallest absolute Gasteiger partial charge is 0.276 e. The Kier molecular flexibility index (Phi) is 4.17. The first-order valence-corrected chi connectivity index (χ1v) is 9.25. The molecule has 3 nitrogen and oxygen atoms in total. The standard InChI is InChI=1S/C6H14F3NO2SSi/c1-14(2,3)5-13(10,11)12-4-6(7,8)9/h10H,4-5H2,1-3H3. The van der Waals surface area contributed by atoms with Gasteiger partial charge in [-0.05, 0) is 0 Å². The summed E-state index contributed by atoms with van der Waals surface area (Å²) in [7, 11) is -5.38. The highest BCUT2D eigenvalue weighted by Gasteiger charge is 2.31. The van der Waals surface area contributed by atoms with Crippen molar-refractivity contribution in [2.24, 2.45) is 0 Å². The van der Waals surface area contributed by atoms with Crippen molar-refractivity contribution in [1.29, 1.82) is 4.78 Å². The molecule has 86 valence electrons. The van der Waals surface area contributed by atoms with Crippen LogP contribution in [0.25, 0.3) is 0 Å². The molecule has 0 bridgehead atoms. The van der Waals surface area contributed by atoms with Gasteiger partial charge in [0.05, 0.1) is 8.07 Å². The summed E-state index contributed by atoms with van der Waals surface area (Å²) >= 11 is 0. The van der Waals surface area contributed by atoms with E-state index in [-0.39, 0.29) is 5.38 Å². The lowest BCUT2D eigenvalue weighted by molar-refractivity contribution is -0.152. The molecular formula is C6H14F3NO2SSi. The molecule has 0 spiro atoms. The van der Waals surface area contributed by atoms with Crippen LogP contribution in [0.3, 0.4) is 0 Å². The van der Waals surface area contributed by atoms with Gasteiger partial charge in [0.1, 0.15) is 0 Å². The molecule has 8 heteroatoms. The quantitative estimate of drug-likeness (QED) is 0.778. The van der Waals surface area contributed by atoms with Gasteiger partial charge in [0, 0.05) is 5.38 Å². The number of hydrogen-bond donors (Lipinski definition) is 1. The Bertz CT molecular complexity index is 280. The Morgan fingerprint density at radius 1 is 1.36 bits per heavy atom. The van der Waals surface area contributed by atoms with Crippen molar-refractivity contribution >= 4 is 18.1 Å². The average molecular weight is 249 g/mol. The Morgan fingerprint density at radius 2 is 1.79 bits per heavy atom. The molecule has 1 N–H and O–H groups in total. The normalized spacial score (nSPS) is 17.9. The van der Waals surface area contributed by atoms with Gasteiger partial charge in [0.2, 0.25) is 0 Å². The van der Waals surface area contributed by atoms with Crippen LogP contribution in [0.4, 0.5) is 13.2 Å².